The molecule has 0 radical (unpaired) electrons. The fraction of sp³-hybridized carbons (Fsp3) is 0.524. The Morgan fingerprint density at radius 3 is 2.32 bits per heavy atom. The van der Waals surface area contributed by atoms with Crippen molar-refractivity contribution in [2.45, 2.75) is 65.8 Å². The predicted octanol–water partition coefficient (Wildman–Crippen LogP) is 3.25. The summed E-state index contributed by atoms with van der Waals surface area (Å²) in [6, 6.07) is 3.39. The van der Waals surface area contributed by atoms with E-state index in [1.54, 1.807) is 46.8 Å². The van der Waals surface area contributed by atoms with Gasteiger partial charge in [0.25, 0.3) is 0 Å². The molecule has 0 aliphatic carbocycles. The summed E-state index contributed by atoms with van der Waals surface area (Å²) in [5, 5.41) is 11.4. The first-order valence-electron chi connectivity index (χ1n) is 9.28. The van der Waals surface area contributed by atoms with E-state index in [0.29, 0.717) is 35.5 Å². The zero-order chi connectivity index (χ0) is 20.9. The van der Waals surface area contributed by atoms with Crippen molar-refractivity contribution in [3.8, 4) is 5.75 Å². The number of carbonyl (C=O) groups excluding carboxylic acids is 2. The fourth-order valence-electron chi connectivity index (χ4n) is 2.82. The number of carboxylic acids is 1. The van der Waals surface area contributed by atoms with E-state index in [2.05, 4.69) is 0 Å². The molecule has 0 N–H and O–H groups in total. The first-order valence-corrected chi connectivity index (χ1v) is 9.28. The summed E-state index contributed by atoms with van der Waals surface area (Å²) >= 11 is 0. The van der Waals surface area contributed by atoms with E-state index in [1.807, 2.05) is 0 Å². The fourth-order valence-corrected chi connectivity index (χ4v) is 2.82. The highest BCUT2D eigenvalue weighted by Crippen LogP contribution is 2.27. The third-order valence-electron chi connectivity index (χ3n) is 3.95. The van der Waals surface area contributed by atoms with Crippen molar-refractivity contribution in [1.82, 2.24) is 0 Å². The molecule has 1 heterocycles. The maximum atomic E-state index is 11.9. The van der Waals surface area contributed by atoms with Gasteiger partial charge in [-0.2, -0.15) is 0 Å². The number of rotatable bonds is 5. The molecule has 1 unspecified atom stereocenters. The minimum atomic E-state index is -1.42. The highest BCUT2D eigenvalue weighted by Gasteiger charge is 2.20. The number of benzene rings is 1. The van der Waals surface area contributed by atoms with Gasteiger partial charge in [0.05, 0.1) is 6.61 Å². The van der Waals surface area contributed by atoms with Crippen LogP contribution in [0.4, 0.5) is 4.79 Å². The van der Waals surface area contributed by atoms with E-state index in [4.69, 9.17) is 18.9 Å². The SMILES string of the molecule is Cc1cc(/C=C(\OC2CCCCO2)C(=O)[O-])cc(C)c1OC(=O)OC(C)(C)C. The monoisotopic (exact) mass is 391 g/mol. The van der Waals surface area contributed by atoms with Gasteiger partial charge in [-0.15, -0.1) is 0 Å². The van der Waals surface area contributed by atoms with E-state index in [-0.39, 0.29) is 5.76 Å². The van der Waals surface area contributed by atoms with Crippen LogP contribution in [0.5, 0.6) is 5.75 Å². The molecule has 1 aromatic carbocycles. The van der Waals surface area contributed by atoms with Crippen LogP contribution in [-0.2, 0) is 19.0 Å². The Hall–Kier alpha value is -2.54. The van der Waals surface area contributed by atoms with Crippen LogP contribution in [0.15, 0.2) is 17.9 Å². The molecule has 1 atom stereocenters. The lowest BCUT2D eigenvalue weighted by Gasteiger charge is -2.25. The minimum absolute atomic E-state index is 0.300. The van der Waals surface area contributed by atoms with Gasteiger partial charge in [-0.05, 0) is 82.4 Å². The van der Waals surface area contributed by atoms with Crippen LogP contribution < -0.4 is 9.84 Å². The first kappa shape index (κ1) is 21.8. The second-order valence-electron chi connectivity index (χ2n) is 7.76. The van der Waals surface area contributed by atoms with E-state index < -0.39 is 24.0 Å². The van der Waals surface area contributed by atoms with E-state index in [0.717, 1.165) is 12.8 Å². The van der Waals surface area contributed by atoms with Gasteiger partial charge in [0.2, 0.25) is 0 Å². The third kappa shape index (κ3) is 6.56. The number of hydrogen-bond acceptors (Lipinski definition) is 7. The molecule has 1 saturated heterocycles. The summed E-state index contributed by atoms with van der Waals surface area (Å²) in [6.07, 6.45) is 2.47. The summed E-state index contributed by atoms with van der Waals surface area (Å²) in [5.41, 5.74) is 1.23. The summed E-state index contributed by atoms with van der Waals surface area (Å²) in [6.45, 7) is 9.31. The Bertz CT molecular complexity index is 730. The lowest BCUT2D eigenvalue weighted by Crippen LogP contribution is -2.30. The van der Waals surface area contributed by atoms with Crippen molar-refractivity contribution in [3.05, 3.63) is 34.6 Å². The van der Waals surface area contributed by atoms with Crippen molar-refractivity contribution >= 4 is 18.2 Å². The Morgan fingerprint density at radius 1 is 1.18 bits per heavy atom. The van der Waals surface area contributed by atoms with Gasteiger partial charge in [-0.25, -0.2) is 4.79 Å². The number of hydrogen-bond donors (Lipinski definition) is 0. The molecular weight excluding hydrogens is 364 g/mol. The van der Waals surface area contributed by atoms with Gasteiger partial charge in [-0.1, -0.05) is 0 Å². The molecule has 0 amide bonds. The lowest BCUT2D eigenvalue weighted by atomic mass is 10.0. The maximum absolute atomic E-state index is 11.9. The van der Waals surface area contributed by atoms with Gasteiger partial charge in [0, 0.05) is 6.42 Å². The highest BCUT2D eigenvalue weighted by atomic mass is 16.7. The van der Waals surface area contributed by atoms with Crippen molar-refractivity contribution in [2.24, 2.45) is 0 Å². The smallest absolute Gasteiger partial charge is 0.514 e. The standard InChI is InChI=1S/C21H28O7/c1-13-10-15(11-14(2)18(13)27-20(24)28-21(3,4)5)12-16(19(22)23)26-17-8-6-7-9-25-17/h10-12,17H,6-9H2,1-5H3,(H,22,23)/p-1/b16-12-. The molecule has 1 fully saturated rings. The number of ether oxygens (including phenoxy) is 4. The van der Waals surface area contributed by atoms with Crippen LogP contribution in [0.3, 0.4) is 0 Å². The Balaban J connectivity index is 2.19. The summed E-state index contributed by atoms with van der Waals surface area (Å²) in [7, 11) is 0. The molecule has 0 spiro atoms. The van der Waals surface area contributed by atoms with Gasteiger partial charge >= 0.3 is 6.16 Å². The zero-order valence-corrected chi connectivity index (χ0v) is 17.0. The molecule has 28 heavy (non-hydrogen) atoms. The van der Waals surface area contributed by atoms with Crippen LogP contribution in [0.25, 0.3) is 6.08 Å². The second kappa shape index (κ2) is 9.10. The molecular formula is C21H27O7-. The molecule has 1 aliphatic heterocycles. The molecule has 1 aromatic rings. The zero-order valence-electron chi connectivity index (χ0n) is 17.0. The molecule has 0 bridgehead atoms. The largest absolute Gasteiger partial charge is 0.542 e. The summed E-state index contributed by atoms with van der Waals surface area (Å²) < 4.78 is 21.4. The molecule has 7 nitrogen and oxygen atoms in total. The number of carbonyl (C=O) groups is 2. The average molecular weight is 391 g/mol. The topological polar surface area (TPSA) is 94.1 Å². The molecule has 154 valence electrons. The van der Waals surface area contributed by atoms with Crippen LogP contribution >= 0.6 is 0 Å². The van der Waals surface area contributed by atoms with Crippen molar-refractivity contribution in [1.29, 1.82) is 0 Å². The van der Waals surface area contributed by atoms with Crippen LogP contribution in [0.2, 0.25) is 0 Å². The van der Waals surface area contributed by atoms with Gasteiger partial charge < -0.3 is 28.8 Å². The Kier molecular flexibility index (Phi) is 7.07. The molecule has 1 aliphatic rings. The highest BCUT2D eigenvalue weighted by molar-refractivity contribution is 5.88. The predicted molar refractivity (Wildman–Crippen MR) is 100 cm³/mol. The van der Waals surface area contributed by atoms with Gasteiger partial charge in [0.1, 0.15) is 23.1 Å². The van der Waals surface area contributed by atoms with Crippen molar-refractivity contribution in [2.75, 3.05) is 6.61 Å². The van der Waals surface area contributed by atoms with Gasteiger partial charge in [-0.3, -0.25) is 0 Å². The number of carboxylic acid groups (broad SMARTS) is 1. The molecule has 0 aromatic heterocycles. The van der Waals surface area contributed by atoms with Crippen molar-refractivity contribution in [3.63, 3.8) is 0 Å². The molecule has 0 saturated carbocycles. The minimum Gasteiger partial charge on any atom is -0.542 e. The average Bonchev–Trinajstić information content (AvgIpc) is 2.57. The van der Waals surface area contributed by atoms with Crippen LogP contribution in [0.1, 0.15) is 56.7 Å². The van der Waals surface area contributed by atoms with E-state index in [1.165, 1.54) is 6.08 Å². The van der Waals surface area contributed by atoms with Crippen molar-refractivity contribution < 1.29 is 33.6 Å². The quantitative estimate of drug-likeness (QED) is 0.329. The maximum Gasteiger partial charge on any atom is 0.514 e. The summed E-state index contributed by atoms with van der Waals surface area (Å²) in [5.74, 6) is -1.34. The Morgan fingerprint density at radius 2 is 1.82 bits per heavy atom. The first-order chi connectivity index (χ1) is 13.0. The number of aliphatic carboxylic acids is 1. The molecule has 2 rings (SSSR count). The summed E-state index contributed by atoms with van der Waals surface area (Å²) in [4.78, 5) is 23.4. The molecule has 7 heteroatoms. The van der Waals surface area contributed by atoms with E-state index in [9.17, 15) is 14.7 Å². The van der Waals surface area contributed by atoms with Crippen LogP contribution in [0, 0.1) is 13.8 Å². The van der Waals surface area contributed by atoms with E-state index >= 15 is 0 Å². The second-order valence-corrected chi connectivity index (χ2v) is 7.76. The normalized spacial score (nSPS) is 17.8. The number of aryl methyl sites for hydroxylation is 2. The van der Waals surface area contributed by atoms with Crippen LogP contribution in [-0.4, -0.2) is 30.6 Å². The Labute approximate surface area is 165 Å². The van der Waals surface area contributed by atoms with Gasteiger partial charge in [0.15, 0.2) is 6.29 Å². The lowest BCUT2D eigenvalue weighted by molar-refractivity contribution is -0.306. The third-order valence-corrected chi connectivity index (χ3v) is 3.95.